The van der Waals surface area contributed by atoms with Crippen LogP contribution in [0.15, 0.2) is 0 Å². The van der Waals surface area contributed by atoms with E-state index in [1.54, 1.807) is 0 Å². The molecule has 0 aromatic carbocycles. The standard InChI is InChI=1S/C8H15NO2/c1-11-8(10)5-7(9)6-3-2-4-6/h6-7H,2-5,9H2,1H3. The Morgan fingerprint density at radius 2 is 2.36 bits per heavy atom. The van der Waals surface area contributed by atoms with Crippen LogP contribution in [0.1, 0.15) is 25.7 Å². The van der Waals surface area contributed by atoms with Crippen molar-refractivity contribution < 1.29 is 9.53 Å². The predicted molar refractivity (Wildman–Crippen MR) is 41.9 cm³/mol. The van der Waals surface area contributed by atoms with E-state index in [2.05, 4.69) is 4.74 Å². The fourth-order valence-electron chi connectivity index (χ4n) is 1.31. The Morgan fingerprint density at radius 3 is 2.73 bits per heavy atom. The number of hydrogen-bond acceptors (Lipinski definition) is 3. The fraction of sp³-hybridized carbons (Fsp3) is 0.875. The minimum absolute atomic E-state index is 0.0243. The molecule has 0 amide bonds. The maximum atomic E-state index is 10.8. The second kappa shape index (κ2) is 3.72. The number of methoxy groups -OCH3 is 1. The Bertz CT molecular complexity index is 143. The van der Waals surface area contributed by atoms with Gasteiger partial charge in [0.15, 0.2) is 0 Å². The molecule has 0 aliphatic heterocycles. The number of carbonyl (C=O) groups is 1. The SMILES string of the molecule is COC(=O)CC(N)C1CCC1. The normalized spacial score (nSPS) is 20.5. The number of nitrogens with two attached hydrogens (primary N) is 1. The molecule has 2 N–H and O–H groups in total. The molecule has 0 bridgehead atoms. The van der Waals surface area contributed by atoms with Crippen LogP contribution in [0.2, 0.25) is 0 Å². The quantitative estimate of drug-likeness (QED) is 0.613. The third kappa shape index (κ3) is 2.19. The van der Waals surface area contributed by atoms with E-state index in [1.807, 2.05) is 0 Å². The summed E-state index contributed by atoms with van der Waals surface area (Å²) in [5.41, 5.74) is 5.75. The summed E-state index contributed by atoms with van der Waals surface area (Å²) < 4.78 is 4.52. The minimum Gasteiger partial charge on any atom is -0.469 e. The summed E-state index contributed by atoms with van der Waals surface area (Å²) in [6.45, 7) is 0. The lowest BCUT2D eigenvalue weighted by Gasteiger charge is -2.30. The van der Waals surface area contributed by atoms with Gasteiger partial charge in [-0.1, -0.05) is 6.42 Å². The van der Waals surface area contributed by atoms with Crippen LogP contribution in [0, 0.1) is 5.92 Å². The van der Waals surface area contributed by atoms with E-state index in [-0.39, 0.29) is 12.0 Å². The number of carbonyl (C=O) groups excluding carboxylic acids is 1. The van der Waals surface area contributed by atoms with Gasteiger partial charge in [-0.05, 0) is 18.8 Å². The number of esters is 1. The predicted octanol–water partition coefficient (Wildman–Crippen LogP) is 0.677. The third-order valence-corrected chi connectivity index (χ3v) is 2.39. The second-order valence-corrected chi connectivity index (χ2v) is 3.14. The van der Waals surface area contributed by atoms with Crippen LogP contribution in [0.25, 0.3) is 0 Å². The molecule has 1 aliphatic rings. The van der Waals surface area contributed by atoms with Gasteiger partial charge in [0.1, 0.15) is 0 Å². The molecule has 64 valence electrons. The van der Waals surface area contributed by atoms with Gasteiger partial charge in [0, 0.05) is 6.04 Å². The Hall–Kier alpha value is -0.570. The highest BCUT2D eigenvalue weighted by Gasteiger charge is 2.26. The van der Waals surface area contributed by atoms with Crippen molar-refractivity contribution in [2.45, 2.75) is 31.7 Å². The van der Waals surface area contributed by atoms with Crippen LogP contribution in [-0.4, -0.2) is 19.1 Å². The first-order chi connectivity index (χ1) is 5.24. The minimum atomic E-state index is -0.190. The molecule has 0 spiro atoms. The molecular weight excluding hydrogens is 142 g/mol. The Morgan fingerprint density at radius 1 is 1.73 bits per heavy atom. The first kappa shape index (κ1) is 8.53. The van der Waals surface area contributed by atoms with Gasteiger partial charge in [-0.2, -0.15) is 0 Å². The lowest BCUT2D eigenvalue weighted by atomic mass is 9.79. The summed E-state index contributed by atoms with van der Waals surface area (Å²) in [7, 11) is 1.40. The van der Waals surface area contributed by atoms with Gasteiger partial charge in [0.05, 0.1) is 13.5 Å². The summed E-state index contributed by atoms with van der Waals surface area (Å²) >= 11 is 0. The van der Waals surface area contributed by atoms with Gasteiger partial charge >= 0.3 is 5.97 Å². The molecule has 1 unspecified atom stereocenters. The highest BCUT2D eigenvalue weighted by molar-refractivity contribution is 5.69. The van der Waals surface area contributed by atoms with E-state index in [0.717, 1.165) is 0 Å². The van der Waals surface area contributed by atoms with Crippen LogP contribution in [0.3, 0.4) is 0 Å². The van der Waals surface area contributed by atoms with Crippen LogP contribution in [-0.2, 0) is 9.53 Å². The van der Waals surface area contributed by atoms with Gasteiger partial charge in [0.2, 0.25) is 0 Å². The van der Waals surface area contributed by atoms with Crippen LogP contribution < -0.4 is 5.73 Å². The van der Waals surface area contributed by atoms with Crippen LogP contribution in [0.5, 0.6) is 0 Å². The molecule has 0 saturated heterocycles. The molecule has 11 heavy (non-hydrogen) atoms. The summed E-state index contributed by atoms with van der Waals surface area (Å²) in [5.74, 6) is 0.374. The van der Waals surface area contributed by atoms with Gasteiger partial charge in [-0.25, -0.2) is 0 Å². The first-order valence-electron chi connectivity index (χ1n) is 4.06. The van der Waals surface area contributed by atoms with E-state index in [4.69, 9.17) is 5.73 Å². The van der Waals surface area contributed by atoms with Gasteiger partial charge in [0.25, 0.3) is 0 Å². The van der Waals surface area contributed by atoms with Crippen molar-refractivity contribution in [2.24, 2.45) is 11.7 Å². The van der Waals surface area contributed by atoms with Gasteiger partial charge in [-0.15, -0.1) is 0 Å². The molecule has 1 rings (SSSR count). The number of hydrogen-bond donors (Lipinski definition) is 1. The molecule has 0 aromatic heterocycles. The van der Waals surface area contributed by atoms with Crippen molar-refractivity contribution in [2.75, 3.05) is 7.11 Å². The molecule has 3 heteroatoms. The van der Waals surface area contributed by atoms with E-state index < -0.39 is 0 Å². The van der Waals surface area contributed by atoms with Crippen molar-refractivity contribution in [1.29, 1.82) is 0 Å². The Labute approximate surface area is 66.9 Å². The van der Waals surface area contributed by atoms with Crippen molar-refractivity contribution >= 4 is 5.97 Å². The molecule has 1 saturated carbocycles. The average Bonchev–Trinajstić information content (AvgIpc) is 1.83. The Balaban J connectivity index is 2.19. The summed E-state index contributed by atoms with van der Waals surface area (Å²) in [6, 6.07) is 0.0243. The number of ether oxygens (including phenoxy) is 1. The van der Waals surface area contributed by atoms with E-state index in [1.165, 1.54) is 26.4 Å². The highest BCUT2D eigenvalue weighted by atomic mass is 16.5. The first-order valence-corrected chi connectivity index (χ1v) is 4.06. The number of rotatable bonds is 3. The highest BCUT2D eigenvalue weighted by Crippen LogP contribution is 2.29. The van der Waals surface area contributed by atoms with E-state index in [0.29, 0.717) is 12.3 Å². The van der Waals surface area contributed by atoms with Crippen molar-refractivity contribution in [1.82, 2.24) is 0 Å². The molecular formula is C8H15NO2. The molecule has 3 nitrogen and oxygen atoms in total. The summed E-state index contributed by atoms with van der Waals surface area (Å²) in [4.78, 5) is 10.8. The third-order valence-electron chi connectivity index (χ3n) is 2.39. The van der Waals surface area contributed by atoms with Crippen molar-refractivity contribution in [3.63, 3.8) is 0 Å². The zero-order valence-electron chi connectivity index (χ0n) is 6.88. The van der Waals surface area contributed by atoms with E-state index in [9.17, 15) is 4.79 Å². The zero-order chi connectivity index (χ0) is 8.27. The van der Waals surface area contributed by atoms with Crippen LogP contribution >= 0.6 is 0 Å². The zero-order valence-corrected chi connectivity index (χ0v) is 6.88. The lowest BCUT2D eigenvalue weighted by Crippen LogP contribution is -2.36. The largest absolute Gasteiger partial charge is 0.469 e. The van der Waals surface area contributed by atoms with Crippen molar-refractivity contribution in [3.05, 3.63) is 0 Å². The van der Waals surface area contributed by atoms with Crippen molar-refractivity contribution in [3.8, 4) is 0 Å². The molecule has 0 radical (unpaired) electrons. The second-order valence-electron chi connectivity index (χ2n) is 3.14. The van der Waals surface area contributed by atoms with E-state index >= 15 is 0 Å². The monoisotopic (exact) mass is 157 g/mol. The molecule has 1 fully saturated rings. The summed E-state index contributed by atoms with van der Waals surface area (Å²) in [6.07, 6.45) is 4.00. The molecule has 0 heterocycles. The average molecular weight is 157 g/mol. The van der Waals surface area contributed by atoms with Crippen LogP contribution in [0.4, 0.5) is 0 Å². The smallest absolute Gasteiger partial charge is 0.307 e. The maximum Gasteiger partial charge on any atom is 0.307 e. The molecule has 0 aromatic rings. The van der Waals surface area contributed by atoms with Gasteiger partial charge < -0.3 is 10.5 Å². The molecule has 1 atom stereocenters. The fourth-order valence-corrected chi connectivity index (χ4v) is 1.31. The lowest BCUT2D eigenvalue weighted by molar-refractivity contribution is -0.141. The maximum absolute atomic E-state index is 10.8. The van der Waals surface area contributed by atoms with Gasteiger partial charge in [-0.3, -0.25) is 4.79 Å². The Kier molecular flexibility index (Phi) is 2.88. The summed E-state index contributed by atoms with van der Waals surface area (Å²) in [5, 5.41) is 0. The molecule has 1 aliphatic carbocycles. The topological polar surface area (TPSA) is 52.3 Å².